The van der Waals surface area contributed by atoms with Gasteiger partial charge in [-0.05, 0) is 35.9 Å². The summed E-state index contributed by atoms with van der Waals surface area (Å²) >= 11 is 0. The molecule has 1 saturated heterocycles. The summed E-state index contributed by atoms with van der Waals surface area (Å²) in [5.74, 6) is -2.82. The average molecular weight is 392 g/mol. The van der Waals surface area contributed by atoms with Gasteiger partial charge in [-0.15, -0.1) is 0 Å². The first-order chi connectivity index (χ1) is 13.3. The predicted octanol–water partition coefficient (Wildman–Crippen LogP) is 0.873. The van der Waals surface area contributed by atoms with Crippen molar-refractivity contribution in [1.29, 1.82) is 0 Å². The smallest absolute Gasteiger partial charge is 0.200 e. The zero-order valence-electron chi connectivity index (χ0n) is 15.6. The van der Waals surface area contributed by atoms with Crippen LogP contribution in [0.2, 0.25) is 0 Å². The Morgan fingerprint density at radius 2 is 1.61 bits per heavy atom. The normalized spacial score (nSPS) is 27.0. The highest BCUT2D eigenvalue weighted by Crippen LogP contribution is 2.47. The number of ether oxygens (including phenoxy) is 3. The van der Waals surface area contributed by atoms with Crippen LogP contribution in [0, 0.1) is 5.92 Å². The van der Waals surface area contributed by atoms with Crippen LogP contribution in [0.15, 0.2) is 36.4 Å². The lowest BCUT2D eigenvalue weighted by Gasteiger charge is -2.34. The van der Waals surface area contributed by atoms with Gasteiger partial charge in [0.25, 0.3) is 0 Å². The number of phenols is 2. The summed E-state index contributed by atoms with van der Waals surface area (Å²) in [5, 5.41) is 51.8. The fourth-order valence-corrected chi connectivity index (χ4v) is 3.64. The largest absolute Gasteiger partial charge is 0.504 e. The molecule has 3 rings (SSSR count). The Morgan fingerprint density at radius 1 is 1.00 bits per heavy atom. The van der Waals surface area contributed by atoms with Crippen LogP contribution in [-0.4, -0.2) is 58.6 Å². The molecule has 28 heavy (non-hydrogen) atoms. The van der Waals surface area contributed by atoms with Gasteiger partial charge in [0.15, 0.2) is 23.0 Å². The Morgan fingerprint density at radius 3 is 2.21 bits per heavy atom. The van der Waals surface area contributed by atoms with E-state index >= 15 is 0 Å². The molecule has 1 aliphatic heterocycles. The first-order valence-corrected chi connectivity index (χ1v) is 8.70. The van der Waals surface area contributed by atoms with Crippen molar-refractivity contribution < 1.29 is 39.7 Å². The van der Waals surface area contributed by atoms with Crippen molar-refractivity contribution in [2.24, 2.45) is 5.92 Å². The number of aliphatic hydroxyl groups is 3. The molecule has 2 aromatic carbocycles. The zero-order chi connectivity index (χ0) is 20.5. The van der Waals surface area contributed by atoms with E-state index in [1.54, 1.807) is 12.1 Å². The number of aromatic hydroxyl groups is 2. The first kappa shape index (κ1) is 20.2. The molecule has 3 atom stereocenters. The third kappa shape index (κ3) is 3.35. The van der Waals surface area contributed by atoms with Gasteiger partial charge in [0.2, 0.25) is 5.79 Å². The van der Waals surface area contributed by atoms with E-state index in [1.165, 1.54) is 38.5 Å². The molecule has 1 aliphatic rings. The molecule has 3 unspecified atom stereocenters. The maximum Gasteiger partial charge on any atom is 0.200 e. The second-order valence-electron chi connectivity index (χ2n) is 6.89. The van der Waals surface area contributed by atoms with Crippen LogP contribution in [0.25, 0.3) is 0 Å². The van der Waals surface area contributed by atoms with Gasteiger partial charge in [-0.1, -0.05) is 6.07 Å². The van der Waals surface area contributed by atoms with E-state index < -0.39 is 23.9 Å². The summed E-state index contributed by atoms with van der Waals surface area (Å²) in [6.07, 6.45) is 0.0480. The molecule has 5 N–H and O–H groups in total. The van der Waals surface area contributed by atoms with E-state index in [-0.39, 0.29) is 41.6 Å². The topological polar surface area (TPSA) is 129 Å². The molecular weight excluding hydrogens is 368 g/mol. The molecule has 152 valence electrons. The highest BCUT2D eigenvalue weighted by Gasteiger charge is 2.58. The standard InChI is InChI=1S/C20H24O8/c1-26-16-7-12(3-5-14(16)22)9-19(24)11-28-20(25,18(19)10-21)13-4-6-15(23)17(8-13)27-2/h3-8,18,21-25H,9-11H2,1-2H3. The summed E-state index contributed by atoms with van der Waals surface area (Å²) in [6.45, 7) is -0.785. The second-order valence-corrected chi connectivity index (χ2v) is 6.89. The fourth-order valence-electron chi connectivity index (χ4n) is 3.64. The van der Waals surface area contributed by atoms with E-state index in [0.29, 0.717) is 5.56 Å². The summed E-state index contributed by atoms with van der Waals surface area (Å²) in [5.41, 5.74) is -0.719. The van der Waals surface area contributed by atoms with Crippen molar-refractivity contribution in [3.05, 3.63) is 47.5 Å². The molecule has 0 radical (unpaired) electrons. The SMILES string of the molecule is COc1cc(CC2(O)COC(O)(c3ccc(O)c(OC)c3)C2CO)ccc1O. The van der Waals surface area contributed by atoms with Gasteiger partial charge in [-0.25, -0.2) is 0 Å². The molecular formula is C20H24O8. The zero-order valence-corrected chi connectivity index (χ0v) is 15.6. The maximum atomic E-state index is 11.2. The molecule has 0 spiro atoms. The number of benzene rings is 2. The van der Waals surface area contributed by atoms with Crippen LogP contribution in [0.1, 0.15) is 11.1 Å². The Kier molecular flexibility index (Phi) is 5.40. The molecule has 0 bridgehead atoms. The lowest BCUT2D eigenvalue weighted by molar-refractivity contribution is -0.213. The van der Waals surface area contributed by atoms with Gasteiger partial charge >= 0.3 is 0 Å². The molecule has 0 aromatic heterocycles. The van der Waals surface area contributed by atoms with Gasteiger partial charge in [-0.3, -0.25) is 0 Å². The molecule has 0 aliphatic carbocycles. The quantitative estimate of drug-likeness (QED) is 0.490. The minimum Gasteiger partial charge on any atom is -0.504 e. The fraction of sp³-hybridized carbons (Fsp3) is 0.400. The van der Waals surface area contributed by atoms with Crippen molar-refractivity contribution in [1.82, 2.24) is 0 Å². The minimum absolute atomic E-state index is 0.0349. The number of rotatable bonds is 6. The highest BCUT2D eigenvalue weighted by atomic mass is 16.6. The second kappa shape index (κ2) is 7.48. The summed E-state index contributed by atoms with van der Waals surface area (Å²) < 4.78 is 15.7. The van der Waals surface area contributed by atoms with E-state index in [0.717, 1.165) is 0 Å². The average Bonchev–Trinajstić information content (AvgIpc) is 2.94. The maximum absolute atomic E-state index is 11.2. The monoisotopic (exact) mass is 392 g/mol. The molecule has 8 nitrogen and oxygen atoms in total. The number of hydrogen-bond donors (Lipinski definition) is 5. The van der Waals surface area contributed by atoms with Crippen molar-refractivity contribution in [3.63, 3.8) is 0 Å². The van der Waals surface area contributed by atoms with Gasteiger partial charge in [0, 0.05) is 12.0 Å². The van der Waals surface area contributed by atoms with Crippen LogP contribution in [-0.2, 0) is 16.9 Å². The Labute approximate surface area is 162 Å². The van der Waals surface area contributed by atoms with Crippen LogP contribution in [0.4, 0.5) is 0 Å². The van der Waals surface area contributed by atoms with E-state index in [1.807, 2.05) is 0 Å². The van der Waals surface area contributed by atoms with Gasteiger partial charge in [0.1, 0.15) is 5.60 Å². The molecule has 1 heterocycles. The van der Waals surface area contributed by atoms with Gasteiger partial charge < -0.3 is 39.7 Å². The van der Waals surface area contributed by atoms with Crippen molar-refractivity contribution in [2.75, 3.05) is 27.4 Å². The van der Waals surface area contributed by atoms with E-state index in [4.69, 9.17) is 14.2 Å². The van der Waals surface area contributed by atoms with Crippen LogP contribution in [0.3, 0.4) is 0 Å². The van der Waals surface area contributed by atoms with Crippen molar-refractivity contribution in [2.45, 2.75) is 17.8 Å². The van der Waals surface area contributed by atoms with Crippen LogP contribution < -0.4 is 9.47 Å². The van der Waals surface area contributed by atoms with E-state index in [2.05, 4.69) is 0 Å². The Bertz CT molecular complexity index is 854. The third-order valence-electron chi connectivity index (χ3n) is 5.19. The van der Waals surface area contributed by atoms with Crippen LogP contribution >= 0.6 is 0 Å². The third-order valence-corrected chi connectivity index (χ3v) is 5.19. The van der Waals surface area contributed by atoms with Gasteiger partial charge in [-0.2, -0.15) is 0 Å². The minimum atomic E-state index is -1.98. The summed E-state index contributed by atoms with van der Waals surface area (Å²) in [7, 11) is 2.79. The Hall–Kier alpha value is -2.52. The lowest BCUT2D eigenvalue weighted by Crippen LogP contribution is -2.47. The van der Waals surface area contributed by atoms with E-state index in [9.17, 15) is 25.5 Å². The molecule has 0 amide bonds. The molecule has 8 heteroatoms. The molecule has 2 aromatic rings. The highest BCUT2D eigenvalue weighted by molar-refractivity contribution is 5.44. The van der Waals surface area contributed by atoms with Crippen molar-refractivity contribution >= 4 is 0 Å². The Balaban J connectivity index is 1.94. The van der Waals surface area contributed by atoms with Crippen LogP contribution in [0.5, 0.6) is 23.0 Å². The molecule has 1 fully saturated rings. The number of methoxy groups -OCH3 is 2. The number of phenolic OH excluding ortho intramolecular Hbond substituents is 2. The first-order valence-electron chi connectivity index (χ1n) is 8.70. The van der Waals surface area contributed by atoms with Crippen molar-refractivity contribution in [3.8, 4) is 23.0 Å². The number of hydrogen-bond acceptors (Lipinski definition) is 8. The lowest BCUT2D eigenvalue weighted by atomic mass is 9.78. The molecule has 0 saturated carbocycles. The summed E-state index contributed by atoms with van der Waals surface area (Å²) in [6, 6.07) is 8.81. The predicted molar refractivity (Wildman–Crippen MR) is 98.4 cm³/mol. The summed E-state index contributed by atoms with van der Waals surface area (Å²) in [4.78, 5) is 0. The number of aliphatic hydroxyl groups excluding tert-OH is 1. The van der Waals surface area contributed by atoms with Gasteiger partial charge in [0.05, 0.1) is 33.4 Å².